The van der Waals surface area contributed by atoms with Crippen molar-refractivity contribution >= 4 is 17.6 Å². The minimum atomic E-state index is -0.337. The van der Waals surface area contributed by atoms with E-state index in [0.717, 1.165) is 38.2 Å². The Morgan fingerprint density at radius 3 is 3.08 bits per heavy atom. The smallest absolute Gasteiger partial charge is 0.337 e. The minimum Gasteiger partial charge on any atom is -0.465 e. The summed E-state index contributed by atoms with van der Waals surface area (Å²) in [6, 6.07) is 5.29. The van der Waals surface area contributed by atoms with Crippen LogP contribution in [0.15, 0.2) is 30.9 Å². The maximum absolute atomic E-state index is 11.7. The Kier molecular flexibility index (Phi) is 5.48. The van der Waals surface area contributed by atoms with Crippen LogP contribution in [0.3, 0.4) is 0 Å². The summed E-state index contributed by atoms with van der Waals surface area (Å²) in [6.45, 7) is 3.63. The van der Waals surface area contributed by atoms with Crippen LogP contribution in [0.1, 0.15) is 28.8 Å². The van der Waals surface area contributed by atoms with Crippen molar-refractivity contribution in [2.75, 3.05) is 20.2 Å². The quantitative estimate of drug-likeness (QED) is 0.777. The lowest BCUT2D eigenvalue weighted by Crippen LogP contribution is -2.36. The minimum absolute atomic E-state index is 0.337. The van der Waals surface area contributed by atoms with Gasteiger partial charge in [-0.25, -0.2) is 9.78 Å². The fourth-order valence-corrected chi connectivity index (χ4v) is 3.39. The second-order valence-corrected chi connectivity index (χ2v) is 6.57. The largest absolute Gasteiger partial charge is 0.465 e. The number of methoxy groups -OCH3 is 1. The number of piperidine rings is 1. The molecule has 0 saturated carbocycles. The van der Waals surface area contributed by atoms with Crippen molar-refractivity contribution in [2.45, 2.75) is 25.9 Å². The molecule has 1 aromatic heterocycles. The van der Waals surface area contributed by atoms with Gasteiger partial charge < -0.3 is 4.74 Å². The van der Waals surface area contributed by atoms with Gasteiger partial charge in [-0.1, -0.05) is 11.6 Å². The number of esters is 1. The molecule has 1 aliphatic heterocycles. The molecule has 1 aliphatic rings. The number of ether oxygens (including phenoxy) is 1. The van der Waals surface area contributed by atoms with Crippen molar-refractivity contribution in [2.24, 2.45) is 5.92 Å². The van der Waals surface area contributed by atoms with Crippen LogP contribution < -0.4 is 0 Å². The van der Waals surface area contributed by atoms with Crippen LogP contribution in [0.5, 0.6) is 0 Å². The monoisotopic (exact) mass is 348 g/mol. The fraction of sp³-hybridized carbons (Fsp3) is 0.471. The van der Waals surface area contributed by atoms with E-state index in [-0.39, 0.29) is 5.97 Å². The molecule has 1 aromatic carbocycles. The Morgan fingerprint density at radius 1 is 1.46 bits per heavy atom. The van der Waals surface area contributed by atoms with Crippen LogP contribution >= 0.6 is 11.6 Å². The molecule has 0 bridgehead atoms. The molecular formula is C17H21ClN4O2. The van der Waals surface area contributed by atoms with Gasteiger partial charge in [0, 0.05) is 24.7 Å². The van der Waals surface area contributed by atoms with Crippen molar-refractivity contribution < 1.29 is 9.53 Å². The van der Waals surface area contributed by atoms with E-state index in [9.17, 15) is 4.79 Å². The fourth-order valence-electron chi connectivity index (χ4n) is 3.22. The topological polar surface area (TPSA) is 60.2 Å². The molecule has 0 spiro atoms. The van der Waals surface area contributed by atoms with Crippen LogP contribution in [0.4, 0.5) is 0 Å². The first-order valence-electron chi connectivity index (χ1n) is 8.07. The van der Waals surface area contributed by atoms with Gasteiger partial charge in [-0.05, 0) is 49.1 Å². The summed E-state index contributed by atoms with van der Waals surface area (Å²) < 4.78 is 6.67. The van der Waals surface area contributed by atoms with Crippen molar-refractivity contribution in [3.8, 4) is 0 Å². The number of carbonyl (C=O) groups is 1. The number of halogens is 1. The molecule has 0 aliphatic carbocycles. The average Bonchev–Trinajstić information content (AvgIpc) is 3.09. The first-order chi connectivity index (χ1) is 11.7. The summed E-state index contributed by atoms with van der Waals surface area (Å²) in [5.74, 6) is 0.207. The van der Waals surface area contributed by atoms with Crippen LogP contribution in [0.2, 0.25) is 5.02 Å². The van der Waals surface area contributed by atoms with Gasteiger partial charge in [-0.2, -0.15) is 5.10 Å². The molecule has 0 N–H and O–H groups in total. The maximum atomic E-state index is 11.7. The number of nitrogens with zero attached hydrogens (tertiary/aromatic N) is 4. The zero-order chi connectivity index (χ0) is 16.9. The zero-order valence-electron chi connectivity index (χ0n) is 13.7. The highest BCUT2D eigenvalue weighted by molar-refractivity contribution is 6.31. The number of likely N-dealkylation sites (tertiary alicyclic amines) is 1. The molecule has 2 heterocycles. The summed E-state index contributed by atoms with van der Waals surface area (Å²) in [4.78, 5) is 18.1. The van der Waals surface area contributed by atoms with E-state index in [1.807, 2.05) is 10.7 Å². The number of hydrogen-bond acceptors (Lipinski definition) is 5. The van der Waals surface area contributed by atoms with Gasteiger partial charge in [-0.15, -0.1) is 0 Å². The Hall–Kier alpha value is -1.92. The summed E-state index contributed by atoms with van der Waals surface area (Å²) in [5, 5.41) is 4.87. The summed E-state index contributed by atoms with van der Waals surface area (Å²) in [5.41, 5.74) is 1.49. The van der Waals surface area contributed by atoms with Crippen LogP contribution in [-0.4, -0.2) is 45.8 Å². The van der Waals surface area contributed by atoms with Crippen molar-refractivity contribution in [1.29, 1.82) is 0 Å². The molecule has 1 saturated heterocycles. The molecule has 0 amide bonds. The van der Waals surface area contributed by atoms with E-state index in [2.05, 4.69) is 15.0 Å². The average molecular weight is 349 g/mol. The van der Waals surface area contributed by atoms with Crippen molar-refractivity contribution in [1.82, 2.24) is 19.7 Å². The lowest BCUT2D eigenvalue weighted by molar-refractivity contribution is 0.0600. The van der Waals surface area contributed by atoms with Gasteiger partial charge in [0.1, 0.15) is 12.7 Å². The lowest BCUT2D eigenvalue weighted by Gasteiger charge is -2.32. The van der Waals surface area contributed by atoms with Gasteiger partial charge in [-0.3, -0.25) is 9.58 Å². The molecule has 24 heavy (non-hydrogen) atoms. The molecule has 1 fully saturated rings. The van der Waals surface area contributed by atoms with E-state index in [0.29, 0.717) is 16.5 Å². The molecule has 1 atom stereocenters. The highest BCUT2D eigenvalue weighted by atomic mass is 35.5. The van der Waals surface area contributed by atoms with Gasteiger partial charge in [0.2, 0.25) is 0 Å². The van der Waals surface area contributed by atoms with Crippen LogP contribution in [0, 0.1) is 5.92 Å². The van der Waals surface area contributed by atoms with Gasteiger partial charge >= 0.3 is 5.97 Å². The summed E-state index contributed by atoms with van der Waals surface area (Å²) in [6.07, 6.45) is 5.66. The molecule has 128 valence electrons. The normalized spacial score (nSPS) is 18.5. The Morgan fingerprint density at radius 2 is 2.33 bits per heavy atom. The maximum Gasteiger partial charge on any atom is 0.337 e. The van der Waals surface area contributed by atoms with Crippen LogP contribution in [0.25, 0.3) is 0 Å². The number of aromatic nitrogens is 3. The molecule has 6 nitrogen and oxygen atoms in total. The third-order valence-electron chi connectivity index (χ3n) is 4.38. The predicted octanol–water partition coefficient (Wildman–Crippen LogP) is 2.63. The van der Waals surface area contributed by atoms with E-state index in [1.54, 1.807) is 24.8 Å². The second-order valence-electron chi connectivity index (χ2n) is 6.16. The van der Waals surface area contributed by atoms with Gasteiger partial charge in [0.15, 0.2) is 0 Å². The Balaban J connectivity index is 1.65. The van der Waals surface area contributed by atoms with E-state index in [4.69, 9.17) is 16.3 Å². The number of hydrogen-bond donors (Lipinski definition) is 0. The predicted molar refractivity (Wildman–Crippen MR) is 90.8 cm³/mol. The molecule has 2 aromatic rings. The Bertz CT molecular complexity index is 690. The molecule has 0 radical (unpaired) electrons. The van der Waals surface area contributed by atoms with E-state index < -0.39 is 0 Å². The van der Waals surface area contributed by atoms with Crippen molar-refractivity contribution in [3.63, 3.8) is 0 Å². The molecule has 7 heteroatoms. The standard InChI is InChI=1S/C17H21ClN4O2/c1-24-17(23)14-4-5-16(18)15(7-14)10-21-6-2-3-13(8-21)9-22-12-19-11-20-22/h4-5,7,11-13H,2-3,6,8-10H2,1H3/t13-/m0/s1. The Labute approximate surface area is 146 Å². The highest BCUT2D eigenvalue weighted by Gasteiger charge is 2.21. The zero-order valence-corrected chi connectivity index (χ0v) is 14.4. The summed E-state index contributed by atoms with van der Waals surface area (Å²) in [7, 11) is 1.38. The van der Waals surface area contributed by atoms with Gasteiger partial charge in [0.05, 0.1) is 12.7 Å². The van der Waals surface area contributed by atoms with Crippen LogP contribution in [-0.2, 0) is 17.8 Å². The summed E-state index contributed by atoms with van der Waals surface area (Å²) >= 11 is 6.31. The third-order valence-corrected chi connectivity index (χ3v) is 4.74. The number of rotatable bonds is 5. The second kappa shape index (κ2) is 7.77. The third kappa shape index (κ3) is 4.13. The highest BCUT2D eigenvalue weighted by Crippen LogP contribution is 2.24. The SMILES string of the molecule is COC(=O)c1ccc(Cl)c(CN2CCC[C@H](Cn3cncn3)C2)c1. The lowest BCUT2D eigenvalue weighted by atomic mass is 9.97. The molecule has 3 rings (SSSR count). The van der Waals surface area contributed by atoms with Crippen molar-refractivity contribution in [3.05, 3.63) is 47.0 Å². The molecule has 0 unspecified atom stereocenters. The van der Waals surface area contributed by atoms with E-state index in [1.165, 1.54) is 13.5 Å². The van der Waals surface area contributed by atoms with Gasteiger partial charge in [0.25, 0.3) is 0 Å². The number of benzene rings is 1. The first kappa shape index (κ1) is 16.9. The number of carbonyl (C=O) groups excluding carboxylic acids is 1. The first-order valence-corrected chi connectivity index (χ1v) is 8.45. The van der Waals surface area contributed by atoms with E-state index >= 15 is 0 Å². The molecular weight excluding hydrogens is 328 g/mol.